The van der Waals surface area contributed by atoms with E-state index in [9.17, 15) is 0 Å². The van der Waals surface area contributed by atoms with E-state index in [2.05, 4.69) is 62.5 Å². The molecule has 1 N–H and O–H groups in total. The van der Waals surface area contributed by atoms with Crippen molar-refractivity contribution < 1.29 is 0 Å². The van der Waals surface area contributed by atoms with Crippen molar-refractivity contribution in [1.29, 1.82) is 0 Å². The summed E-state index contributed by atoms with van der Waals surface area (Å²) in [6.07, 6.45) is 2.74. The van der Waals surface area contributed by atoms with Gasteiger partial charge in [0.15, 0.2) is 0 Å². The maximum absolute atomic E-state index is 4.64. The van der Waals surface area contributed by atoms with Crippen LogP contribution in [0.25, 0.3) is 0 Å². The van der Waals surface area contributed by atoms with Crippen LogP contribution in [-0.2, 0) is 13.0 Å². The lowest BCUT2D eigenvalue weighted by atomic mass is 10.0. The minimum Gasteiger partial charge on any atom is -0.353 e. The number of benzene rings is 1. The van der Waals surface area contributed by atoms with Crippen molar-refractivity contribution in [3.63, 3.8) is 0 Å². The summed E-state index contributed by atoms with van der Waals surface area (Å²) < 4.78 is 0. The van der Waals surface area contributed by atoms with Crippen molar-refractivity contribution in [3.05, 3.63) is 53.5 Å². The lowest BCUT2D eigenvalue weighted by Crippen LogP contribution is -2.47. The average Bonchev–Trinajstić information content (AvgIpc) is 2.62. The van der Waals surface area contributed by atoms with Gasteiger partial charge in [0, 0.05) is 31.7 Å². The van der Waals surface area contributed by atoms with E-state index >= 15 is 0 Å². The molecular weight excluding hydrogens is 286 g/mol. The van der Waals surface area contributed by atoms with Crippen LogP contribution < -0.4 is 10.2 Å². The van der Waals surface area contributed by atoms with E-state index in [1.165, 1.54) is 11.1 Å². The molecule has 0 spiro atoms. The zero-order valence-electron chi connectivity index (χ0n) is 13.6. The van der Waals surface area contributed by atoms with Gasteiger partial charge in [-0.2, -0.15) is 0 Å². The molecular formula is C18H23N5. The molecule has 0 aliphatic carbocycles. The Morgan fingerprint density at radius 3 is 2.87 bits per heavy atom. The van der Waals surface area contributed by atoms with Crippen LogP contribution in [0.3, 0.4) is 0 Å². The first kappa shape index (κ1) is 14.6. The van der Waals surface area contributed by atoms with Crippen LogP contribution in [-0.4, -0.2) is 48.1 Å². The molecule has 5 nitrogen and oxygen atoms in total. The topological polar surface area (TPSA) is 44.3 Å². The fourth-order valence-corrected chi connectivity index (χ4v) is 3.64. The van der Waals surface area contributed by atoms with Crippen LogP contribution in [0.5, 0.6) is 0 Å². The van der Waals surface area contributed by atoms with Crippen molar-refractivity contribution in [2.75, 3.05) is 38.1 Å². The van der Waals surface area contributed by atoms with Gasteiger partial charge in [-0.1, -0.05) is 30.3 Å². The molecule has 0 saturated carbocycles. The van der Waals surface area contributed by atoms with Crippen LogP contribution in [0.4, 0.5) is 5.82 Å². The zero-order valence-corrected chi connectivity index (χ0v) is 13.6. The molecule has 0 radical (unpaired) electrons. The van der Waals surface area contributed by atoms with E-state index < -0.39 is 0 Å². The first-order valence-electron chi connectivity index (χ1n) is 8.36. The SMILES string of the molecule is CN1CCN(c2ncnc3c2CCNC3)C[C@H]1c1ccccc1. The first-order valence-corrected chi connectivity index (χ1v) is 8.36. The Labute approximate surface area is 137 Å². The molecule has 2 aliphatic rings. The predicted octanol–water partition coefficient (Wildman–Crippen LogP) is 1.62. The third-order valence-electron chi connectivity index (χ3n) is 4.99. The molecule has 5 heteroatoms. The van der Waals surface area contributed by atoms with Gasteiger partial charge in [-0.15, -0.1) is 0 Å². The van der Waals surface area contributed by atoms with Crippen LogP contribution in [0, 0.1) is 0 Å². The van der Waals surface area contributed by atoms with Gasteiger partial charge in [-0.05, 0) is 25.6 Å². The molecule has 1 atom stereocenters. The lowest BCUT2D eigenvalue weighted by molar-refractivity contribution is 0.220. The summed E-state index contributed by atoms with van der Waals surface area (Å²) in [5.41, 5.74) is 3.88. The molecule has 4 rings (SSSR count). The molecule has 23 heavy (non-hydrogen) atoms. The third-order valence-corrected chi connectivity index (χ3v) is 4.99. The van der Waals surface area contributed by atoms with Crippen LogP contribution in [0.15, 0.2) is 36.7 Å². The Morgan fingerprint density at radius 1 is 1.13 bits per heavy atom. The Hall–Kier alpha value is -1.98. The minimum atomic E-state index is 0.414. The summed E-state index contributed by atoms with van der Waals surface area (Å²) in [7, 11) is 2.22. The summed E-state index contributed by atoms with van der Waals surface area (Å²) in [4.78, 5) is 14.0. The van der Waals surface area contributed by atoms with Crippen molar-refractivity contribution >= 4 is 5.82 Å². The minimum absolute atomic E-state index is 0.414. The Balaban J connectivity index is 1.63. The maximum atomic E-state index is 4.64. The maximum Gasteiger partial charge on any atom is 0.135 e. The molecule has 0 amide bonds. The van der Waals surface area contributed by atoms with Gasteiger partial charge in [0.05, 0.1) is 11.7 Å². The first-order chi connectivity index (χ1) is 11.3. The smallest absolute Gasteiger partial charge is 0.135 e. The van der Waals surface area contributed by atoms with Gasteiger partial charge >= 0.3 is 0 Å². The molecule has 1 saturated heterocycles. The number of hydrogen-bond acceptors (Lipinski definition) is 5. The molecule has 2 aromatic rings. The van der Waals surface area contributed by atoms with Crippen LogP contribution >= 0.6 is 0 Å². The summed E-state index contributed by atoms with van der Waals surface area (Å²) in [6, 6.07) is 11.2. The Morgan fingerprint density at radius 2 is 2.00 bits per heavy atom. The van der Waals surface area contributed by atoms with Crippen molar-refractivity contribution in [2.45, 2.75) is 19.0 Å². The highest BCUT2D eigenvalue weighted by Gasteiger charge is 2.28. The van der Waals surface area contributed by atoms with Crippen LogP contribution in [0.1, 0.15) is 22.9 Å². The number of fused-ring (bicyclic) bond motifs is 1. The molecule has 3 heterocycles. The van der Waals surface area contributed by atoms with E-state index in [1.807, 2.05) is 0 Å². The second kappa shape index (κ2) is 6.26. The molecule has 1 aromatic heterocycles. The fourth-order valence-electron chi connectivity index (χ4n) is 3.64. The van der Waals surface area contributed by atoms with E-state index in [1.54, 1.807) is 6.33 Å². The third kappa shape index (κ3) is 2.82. The van der Waals surface area contributed by atoms with Gasteiger partial charge in [-0.3, -0.25) is 4.90 Å². The van der Waals surface area contributed by atoms with Crippen molar-refractivity contribution in [3.8, 4) is 0 Å². The Kier molecular flexibility index (Phi) is 3.97. The molecule has 1 aromatic carbocycles. The predicted molar refractivity (Wildman–Crippen MR) is 91.5 cm³/mol. The number of rotatable bonds is 2. The number of hydrogen-bond donors (Lipinski definition) is 1. The fraction of sp³-hybridized carbons (Fsp3) is 0.444. The normalized spacial score (nSPS) is 22.0. The number of nitrogens with one attached hydrogen (secondary N) is 1. The second-order valence-corrected chi connectivity index (χ2v) is 6.40. The highest BCUT2D eigenvalue weighted by atomic mass is 15.3. The van der Waals surface area contributed by atoms with Gasteiger partial charge in [0.1, 0.15) is 12.1 Å². The summed E-state index contributed by atoms with van der Waals surface area (Å²) in [6.45, 7) is 4.94. The zero-order chi connectivity index (χ0) is 15.6. The van der Waals surface area contributed by atoms with Gasteiger partial charge in [0.2, 0.25) is 0 Å². The highest BCUT2D eigenvalue weighted by molar-refractivity contribution is 5.50. The molecule has 2 aliphatic heterocycles. The summed E-state index contributed by atoms with van der Waals surface area (Å²) >= 11 is 0. The van der Waals surface area contributed by atoms with E-state index in [-0.39, 0.29) is 0 Å². The molecule has 1 fully saturated rings. The highest BCUT2D eigenvalue weighted by Crippen LogP contribution is 2.29. The van der Waals surface area contributed by atoms with E-state index in [4.69, 9.17) is 0 Å². The van der Waals surface area contributed by atoms with Gasteiger partial charge in [0.25, 0.3) is 0 Å². The largest absolute Gasteiger partial charge is 0.353 e. The van der Waals surface area contributed by atoms with E-state index in [0.717, 1.165) is 50.7 Å². The number of piperazine rings is 1. The van der Waals surface area contributed by atoms with Crippen LogP contribution in [0.2, 0.25) is 0 Å². The molecule has 120 valence electrons. The molecule has 0 unspecified atom stereocenters. The Bertz CT molecular complexity index is 672. The number of aromatic nitrogens is 2. The second-order valence-electron chi connectivity index (χ2n) is 6.40. The number of nitrogens with zero attached hydrogens (tertiary/aromatic N) is 4. The van der Waals surface area contributed by atoms with Gasteiger partial charge < -0.3 is 10.2 Å². The lowest BCUT2D eigenvalue weighted by Gasteiger charge is -2.41. The number of likely N-dealkylation sites (N-methyl/N-ethyl adjacent to an activating group) is 1. The van der Waals surface area contributed by atoms with Crippen molar-refractivity contribution in [1.82, 2.24) is 20.2 Å². The standard InChI is InChI=1S/C18H23N5/c1-22-9-10-23(12-17(22)14-5-3-2-4-6-14)18-15-7-8-19-11-16(15)20-13-21-18/h2-6,13,17,19H,7-12H2,1H3/t17-/m0/s1. The molecule has 0 bridgehead atoms. The monoisotopic (exact) mass is 309 g/mol. The number of anilines is 1. The van der Waals surface area contributed by atoms with Gasteiger partial charge in [-0.25, -0.2) is 9.97 Å². The quantitative estimate of drug-likeness (QED) is 0.913. The summed E-state index contributed by atoms with van der Waals surface area (Å²) in [5, 5.41) is 3.40. The van der Waals surface area contributed by atoms with E-state index in [0.29, 0.717) is 6.04 Å². The average molecular weight is 309 g/mol. The summed E-state index contributed by atoms with van der Waals surface area (Å²) in [5.74, 6) is 1.14. The van der Waals surface area contributed by atoms with Crippen molar-refractivity contribution in [2.24, 2.45) is 0 Å².